The van der Waals surface area contributed by atoms with Crippen LogP contribution in [0.1, 0.15) is 48.8 Å². The number of carbonyl (C=O) groups excluding carboxylic acids is 2. The minimum absolute atomic E-state index is 0.126. The van der Waals surface area contributed by atoms with Crippen molar-refractivity contribution in [2.24, 2.45) is 0 Å². The summed E-state index contributed by atoms with van der Waals surface area (Å²) < 4.78 is 6.78. The van der Waals surface area contributed by atoms with E-state index in [1.165, 1.54) is 0 Å². The summed E-state index contributed by atoms with van der Waals surface area (Å²) in [7, 11) is 0. The zero-order valence-corrected chi connectivity index (χ0v) is 13.4. The predicted molar refractivity (Wildman–Crippen MR) is 83.2 cm³/mol. The topological polar surface area (TPSA) is 76.8 Å². The monoisotopic (exact) mass is 316 g/mol. The Morgan fingerprint density at radius 3 is 2.70 bits per heavy atom. The van der Waals surface area contributed by atoms with Crippen molar-refractivity contribution in [2.75, 3.05) is 19.7 Å². The minimum atomic E-state index is -0.424. The van der Waals surface area contributed by atoms with Gasteiger partial charge in [0.15, 0.2) is 11.3 Å². The van der Waals surface area contributed by atoms with Crippen LogP contribution in [0.5, 0.6) is 0 Å². The normalized spacial score (nSPS) is 15.8. The summed E-state index contributed by atoms with van der Waals surface area (Å²) in [6.45, 7) is 5.22. The second-order valence-electron chi connectivity index (χ2n) is 5.70. The Hall–Kier alpha value is -2.44. The van der Waals surface area contributed by atoms with Gasteiger partial charge in [0.2, 0.25) is 5.91 Å². The molecule has 1 amide bonds. The van der Waals surface area contributed by atoms with Gasteiger partial charge in [0.05, 0.1) is 18.5 Å². The molecular weight excluding hydrogens is 296 g/mol. The van der Waals surface area contributed by atoms with Crippen LogP contribution in [-0.4, -0.2) is 50.8 Å². The van der Waals surface area contributed by atoms with Crippen LogP contribution >= 0.6 is 0 Å². The minimum Gasteiger partial charge on any atom is -0.461 e. The molecule has 0 aromatic carbocycles. The molecule has 23 heavy (non-hydrogen) atoms. The first kappa shape index (κ1) is 15.5. The first-order valence-corrected chi connectivity index (χ1v) is 7.85. The van der Waals surface area contributed by atoms with Gasteiger partial charge in [-0.25, -0.2) is 9.78 Å². The highest BCUT2D eigenvalue weighted by atomic mass is 16.5. The molecule has 3 heterocycles. The Bertz CT molecular complexity index is 732. The van der Waals surface area contributed by atoms with Gasteiger partial charge in [-0.1, -0.05) is 0 Å². The molecule has 0 saturated carbocycles. The summed E-state index contributed by atoms with van der Waals surface area (Å²) in [6.07, 6.45) is 7.06. The van der Waals surface area contributed by atoms with Gasteiger partial charge in [-0.15, -0.1) is 0 Å². The van der Waals surface area contributed by atoms with E-state index in [-0.39, 0.29) is 11.6 Å². The third kappa shape index (κ3) is 3.18. The highest BCUT2D eigenvalue weighted by Crippen LogP contribution is 2.26. The third-order valence-corrected chi connectivity index (χ3v) is 4.20. The number of aromatic nitrogens is 3. The maximum absolute atomic E-state index is 11.7. The fraction of sp³-hybridized carbons (Fsp3) is 0.500. The van der Waals surface area contributed by atoms with Crippen LogP contribution < -0.4 is 0 Å². The highest BCUT2D eigenvalue weighted by molar-refractivity contribution is 5.87. The van der Waals surface area contributed by atoms with Gasteiger partial charge in [-0.3, -0.25) is 9.78 Å². The van der Waals surface area contributed by atoms with E-state index in [0.29, 0.717) is 18.2 Å². The van der Waals surface area contributed by atoms with Crippen LogP contribution in [0.15, 0.2) is 18.6 Å². The van der Waals surface area contributed by atoms with E-state index in [4.69, 9.17) is 4.74 Å². The second-order valence-corrected chi connectivity index (χ2v) is 5.70. The molecule has 1 fully saturated rings. The number of rotatable bonds is 3. The van der Waals surface area contributed by atoms with Crippen molar-refractivity contribution in [1.29, 1.82) is 0 Å². The van der Waals surface area contributed by atoms with Crippen molar-refractivity contribution < 1.29 is 14.3 Å². The Balaban J connectivity index is 1.78. The van der Waals surface area contributed by atoms with Crippen LogP contribution in [0.3, 0.4) is 0 Å². The molecule has 0 atom stereocenters. The van der Waals surface area contributed by atoms with E-state index in [9.17, 15) is 9.59 Å². The molecule has 1 aliphatic rings. The molecule has 2 aromatic heterocycles. The van der Waals surface area contributed by atoms with Gasteiger partial charge >= 0.3 is 5.97 Å². The van der Waals surface area contributed by atoms with E-state index >= 15 is 0 Å². The summed E-state index contributed by atoms with van der Waals surface area (Å²) in [4.78, 5) is 33.7. The summed E-state index contributed by atoms with van der Waals surface area (Å²) in [5.41, 5.74) is 1.88. The van der Waals surface area contributed by atoms with Gasteiger partial charge in [0.25, 0.3) is 0 Å². The van der Waals surface area contributed by atoms with Gasteiger partial charge in [-0.2, -0.15) is 0 Å². The van der Waals surface area contributed by atoms with Crippen LogP contribution in [0, 0.1) is 0 Å². The van der Waals surface area contributed by atoms with Crippen molar-refractivity contribution in [3.63, 3.8) is 0 Å². The van der Waals surface area contributed by atoms with Crippen molar-refractivity contribution in [3.8, 4) is 0 Å². The van der Waals surface area contributed by atoms with Crippen molar-refractivity contribution >= 4 is 17.5 Å². The Morgan fingerprint density at radius 2 is 2.04 bits per heavy atom. The van der Waals surface area contributed by atoms with Gasteiger partial charge in [0.1, 0.15) is 0 Å². The molecule has 0 spiro atoms. The van der Waals surface area contributed by atoms with Crippen molar-refractivity contribution in [1.82, 2.24) is 19.3 Å². The van der Waals surface area contributed by atoms with Gasteiger partial charge in [-0.05, 0) is 19.8 Å². The average Bonchev–Trinajstić information content (AvgIpc) is 2.98. The molecular formula is C16H20N4O3. The maximum atomic E-state index is 11.7. The number of carbonyl (C=O) groups is 2. The van der Waals surface area contributed by atoms with E-state index in [2.05, 4.69) is 9.97 Å². The lowest BCUT2D eigenvalue weighted by Crippen LogP contribution is -2.36. The molecule has 0 aliphatic carbocycles. The number of ether oxygens (including phenoxy) is 1. The van der Waals surface area contributed by atoms with Crippen LogP contribution in [-0.2, 0) is 9.53 Å². The largest absolute Gasteiger partial charge is 0.461 e. The van der Waals surface area contributed by atoms with Crippen molar-refractivity contribution in [2.45, 2.75) is 32.6 Å². The summed E-state index contributed by atoms with van der Waals surface area (Å²) in [5.74, 6) is 0.0245. The Kier molecular flexibility index (Phi) is 4.27. The highest BCUT2D eigenvalue weighted by Gasteiger charge is 2.23. The zero-order valence-electron chi connectivity index (χ0n) is 13.4. The second kappa shape index (κ2) is 6.36. The molecule has 1 saturated heterocycles. The fourth-order valence-electron chi connectivity index (χ4n) is 2.92. The van der Waals surface area contributed by atoms with Gasteiger partial charge in [0, 0.05) is 38.3 Å². The summed E-state index contributed by atoms with van der Waals surface area (Å²) in [5, 5.41) is 0. The molecule has 122 valence electrons. The SMILES string of the molecule is CCOC(=O)c1cn2cc(C3CCN(C(C)=O)CC3)ncc2n1. The number of piperidine rings is 1. The fourth-order valence-corrected chi connectivity index (χ4v) is 2.92. The molecule has 3 rings (SSSR count). The summed E-state index contributed by atoms with van der Waals surface area (Å²) in [6, 6.07) is 0. The van der Waals surface area contributed by atoms with E-state index in [1.54, 1.807) is 26.2 Å². The zero-order chi connectivity index (χ0) is 16.4. The van der Waals surface area contributed by atoms with E-state index in [0.717, 1.165) is 31.6 Å². The van der Waals surface area contributed by atoms with Crippen LogP contribution in [0.25, 0.3) is 5.65 Å². The first-order chi connectivity index (χ1) is 11.1. The summed E-state index contributed by atoms with van der Waals surface area (Å²) >= 11 is 0. The standard InChI is InChI=1S/C16H20N4O3/c1-3-23-16(22)14-10-20-9-13(17-8-15(20)18-14)12-4-6-19(7-5-12)11(2)21/h8-10,12H,3-7H2,1-2H3. The lowest BCUT2D eigenvalue weighted by Gasteiger charge is -2.30. The number of imidazole rings is 1. The van der Waals surface area contributed by atoms with Crippen LogP contribution in [0.4, 0.5) is 0 Å². The van der Waals surface area contributed by atoms with Crippen molar-refractivity contribution in [3.05, 3.63) is 30.0 Å². The number of hydrogen-bond donors (Lipinski definition) is 0. The molecule has 0 unspecified atom stereocenters. The smallest absolute Gasteiger partial charge is 0.358 e. The number of esters is 1. The van der Waals surface area contributed by atoms with Crippen LogP contribution in [0.2, 0.25) is 0 Å². The molecule has 2 aromatic rings. The maximum Gasteiger partial charge on any atom is 0.358 e. The third-order valence-electron chi connectivity index (χ3n) is 4.20. The quantitative estimate of drug-likeness (QED) is 0.804. The average molecular weight is 316 g/mol. The lowest BCUT2D eigenvalue weighted by molar-refractivity contribution is -0.129. The number of amides is 1. The molecule has 1 aliphatic heterocycles. The van der Waals surface area contributed by atoms with Gasteiger partial charge < -0.3 is 14.0 Å². The molecule has 7 heteroatoms. The number of hydrogen-bond acceptors (Lipinski definition) is 5. The number of nitrogens with zero attached hydrogens (tertiary/aromatic N) is 4. The molecule has 0 N–H and O–H groups in total. The predicted octanol–water partition coefficient (Wildman–Crippen LogP) is 1.63. The Morgan fingerprint density at radius 1 is 1.30 bits per heavy atom. The number of fused-ring (bicyclic) bond motifs is 1. The first-order valence-electron chi connectivity index (χ1n) is 7.85. The number of likely N-dealkylation sites (tertiary alicyclic amines) is 1. The molecule has 0 bridgehead atoms. The lowest BCUT2D eigenvalue weighted by atomic mass is 9.94. The Labute approximate surface area is 134 Å². The van der Waals surface area contributed by atoms with E-state index < -0.39 is 5.97 Å². The molecule has 0 radical (unpaired) electrons. The molecule has 7 nitrogen and oxygen atoms in total. The van der Waals surface area contributed by atoms with E-state index in [1.807, 2.05) is 15.5 Å².